The molecule has 94 valence electrons. The summed E-state index contributed by atoms with van der Waals surface area (Å²) in [6.07, 6.45) is 5.15. The maximum Gasteiger partial charge on any atom is 0.101 e. The van der Waals surface area contributed by atoms with Crippen LogP contribution in [0.1, 0.15) is 17.4 Å². The van der Waals surface area contributed by atoms with E-state index in [0.29, 0.717) is 6.42 Å². The fourth-order valence-electron chi connectivity index (χ4n) is 2.25. The first kappa shape index (κ1) is 11.8. The lowest BCUT2D eigenvalue weighted by molar-refractivity contribution is 0.175. The van der Waals surface area contributed by atoms with Gasteiger partial charge in [-0.1, -0.05) is 30.3 Å². The molecule has 0 bridgehead atoms. The van der Waals surface area contributed by atoms with Crippen LogP contribution in [0.15, 0.2) is 61.1 Å². The van der Waals surface area contributed by atoms with Gasteiger partial charge in [-0.05, 0) is 23.1 Å². The molecule has 3 rings (SSSR count). The van der Waals surface area contributed by atoms with Crippen LogP contribution >= 0.6 is 0 Å². The second-order valence-corrected chi connectivity index (χ2v) is 4.50. The van der Waals surface area contributed by atoms with Gasteiger partial charge in [-0.15, -0.1) is 0 Å². The Hall–Kier alpha value is -2.26. The third-order valence-electron chi connectivity index (χ3n) is 3.17. The molecule has 0 saturated heterocycles. The molecule has 3 aromatic rings. The lowest BCUT2D eigenvalue weighted by atomic mass is 10.0. The molecule has 0 radical (unpaired) electrons. The number of nitrogens with zero attached hydrogens (tertiary/aromatic N) is 2. The van der Waals surface area contributed by atoms with Crippen LogP contribution in [0.4, 0.5) is 0 Å². The quantitative estimate of drug-likeness (QED) is 0.777. The van der Waals surface area contributed by atoms with Crippen molar-refractivity contribution in [2.45, 2.75) is 12.5 Å². The van der Waals surface area contributed by atoms with Crippen LogP contribution in [-0.2, 0) is 6.42 Å². The minimum absolute atomic E-state index is 0.523. The van der Waals surface area contributed by atoms with Gasteiger partial charge >= 0.3 is 0 Å². The lowest BCUT2D eigenvalue weighted by Crippen LogP contribution is -2.05. The molecule has 0 aliphatic heterocycles. The first-order valence-corrected chi connectivity index (χ1v) is 6.25. The van der Waals surface area contributed by atoms with Gasteiger partial charge in [0, 0.05) is 30.4 Å². The number of fused-ring (bicyclic) bond motifs is 1. The molecule has 0 aliphatic rings. The van der Waals surface area contributed by atoms with Gasteiger partial charge < -0.3 is 5.11 Å². The number of hydrogen-bond donors (Lipinski definition) is 1. The van der Waals surface area contributed by atoms with Gasteiger partial charge in [0.2, 0.25) is 0 Å². The van der Waals surface area contributed by atoms with E-state index in [0.717, 1.165) is 22.0 Å². The first-order valence-electron chi connectivity index (χ1n) is 6.25. The zero-order valence-corrected chi connectivity index (χ0v) is 10.4. The fourth-order valence-corrected chi connectivity index (χ4v) is 2.25. The molecular weight excluding hydrogens is 236 g/mol. The van der Waals surface area contributed by atoms with Crippen LogP contribution in [0.2, 0.25) is 0 Å². The molecule has 1 unspecified atom stereocenters. The Morgan fingerprint density at radius 1 is 1.00 bits per heavy atom. The number of benzene rings is 1. The zero-order valence-electron chi connectivity index (χ0n) is 10.4. The van der Waals surface area contributed by atoms with E-state index in [-0.39, 0.29) is 0 Å². The second kappa shape index (κ2) is 5.16. The summed E-state index contributed by atoms with van der Waals surface area (Å²) in [6, 6.07) is 13.8. The van der Waals surface area contributed by atoms with Gasteiger partial charge in [0.05, 0.1) is 5.69 Å². The summed E-state index contributed by atoms with van der Waals surface area (Å²) < 4.78 is 0. The Kier molecular flexibility index (Phi) is 3.21. The summed E-state index contributed by atoms with van der Waals surface area (Å²) in [6.45, 7) is 0. The second-order valence-electron chi connectivity index (χ2n) is 4.50. The molecule has 2 aromatic heterocycles. The maximum atomic E-state index is 10.4. The van der Waals surface area contributed by atoms with Crippen molar-refractivity contribution >= 4 is 10.8 Å². The number of aromatic nitrogens is 2. The lowest BCUT2D eigenvalue weighted by Gasteiger charge is -2.12. The van der Waals surface area contributed by atoms with Gasteiger partial charge in [-0.3, -0.25) is 9.97 Å². The van der Waals surface area contributed by atoms with E-state index in [2.05, 4.69) is 9.97 Å². The number of aliphatic hydroxyl groups is 1. The van der Waals surface area contributed by atoms with Crippen molar-refractivity contribution in [3.63, 3.8) is 0 Å². The first-order chi connectivity index (χ1) is 9.34. The smallest absolute Gasteiger partial charge is 0.101 e. The van der Waals surface area contributed by atoms with Gasteiger partial charge in [-0.2, -0.15) is 0 Å². The van der Waals surface area contributed by atoms with Gasteiger partial charge in [-0.25, -0.2) is 0 Å². The SMILES string of the molecule is OC(Cc1cccnc1)c1nccc2ccccc12. The van der Waals surface area contributed by atoms with Crippen molar-refractivity contribution in [3.8, 4) is 0 Å². The molecule has 3 heteroatoms. The Morgan fingerprint density at radius 3 is 2.74 bits per heavy atom. The molecule has 2 heterocycles. The average Bonchev–Trinajstić information content (AvgIpc) is 2.47. The summed E-state index contributed by atoms with van der Waals surface area (Å²) in [4.78, 5) is 8.39. The van der Waals surface area contributed by atoms with Crippen molar-refractivity contribution in [1.82, 2.24) is 9.97 Å². The van der Waals surface area contributed by atoms with E-state index < -0.39 is 6.10 Å². The normalized spacial score (nSPS) is 12.5. The van der Waals surface area contributed by atoms with Crippen molar-refractivity contribution in [2.24, 2.45) is 0 Å². The van der Waals surface area contributed by atoms with Crippen LogP contribution < -0.4 is 0 Å². The predicted octanol–water partition coefficient (Wildman–Crippen LogP) is 2.91. The number of hydrogen-bond acceptors (Lipinski definition) is 3. The highest BCUT2D eigenvalue weighted by Gasteiger charge is 2.13. The Bertz CT molecular complexity index is 677. The number of rotatable bonds is 3. The highest BCUT2D eigenvalue weighted by Crippen LogP contribution is 2.24. The van der Waals surface area contributed by atoms with Crippen LogP contribution in [-0.4, -0.2) is 15.1 Å². The third kappa shape index (κ3) is 2.46. The summed E-state index contributed by atoms with van der Waals surface area (Å²) in [5.74, 6) is 0. The summed E-state index contributed by atoms with van der Waals surface area (Å²) in [5.41, 5.74) is 1.73. The van der Waals surface area contributed by atoms with E-state index >= 15 is 0 Å². The standard InChI is InChI=1S/C16H14N2O/c19-15(10-12-4-3-8-17-11-12)16-14-6-2-1-5-13(14)7-9-18-16/h1-9,11,15,19H,10H2. The summed E-state index contributed by atoms with van der Waals surface area (Å²) >= 11 is 0. The molecule has 1 aromatic carbocycles. The van der Waals surface area contributed by atoms with Crippen molar-refractivity contribution in [2.75, 3.05) is 0 Å². The van der Waals surface area contributed by atoms with E-state index in [4.69, 9.17) is 0 Å². The Labute approximate surface area is 111 Å². The number of pyridine rings is 2. The van der Waals surface area contributed by atoms with E-state index in [1.54, 1.807) is 18.6 Å². The molecule has 0 amide bonds. The molecule has 0 saturated carbocycles. The predicted molar refractivity (Wildman–Crippen MR) is 74.6 cm³/mol. The van der Waals surface area contributed by atoms with Crippen molar-refractivity contribution in [1.29, 1.82) is 0 Å². The topological polar surface area (TPSA) is 46.0 Å². The monoisotopic (exact) mass is 250 g/mol. The van der Waals surface area contributed by atoms with Crippen LogP contribution in [0.5, 0.6) is 0 Å². The van der Waals surface area contributed by atoms with Crippen LogP contribution in [0.25, 0.3) is 10.8 Å². The van der Waals surface area contributed by atoms with Gasteiger partial charge in [0.1, 0.15) is 6.10 Å². The summed E-state index contributed by atoms with van der Waals surface area (Å²) in [7, 11) is 0. The maximum absolute atomic E-state index is 10.4. The minimum Gasteiger partial charge on any atom is -0.386 e. The highest BCUT2D eigenvalue weighted by atomic mass is 16.3. The van der Waals surface area contributed by atoms with Gasteiger partial charge in [0.15, 0.2) is 0 Å². The van der Waals surface area contributed by atoms with Crippen molar-refractivity contribution in [3.05, 3.63) is 72.3 Å². The van der Waals surface area contributed by atoms with Gasteiger partial charge in [0.25, 0.3) is 0 Å². The molecule has 1 atom stereocenters. The largest absolute Gasteiger partial charge is 0.386 e. The molecule has 3 nitrogen and oxygen atoms in total. The Balaban J connectivity index is 1.96. The summed E-state index contributed by atoms with van der Waals surface area (Å²) in [5, 5.41) is 12.5. The number of aliphatic hydroxyl groups excluding tert-OH is 1. The third-order valence-corrected chi connectivity index (χ3v) is 3.17. The zero-order chi connectivity index (χ0) is 13.1. The van der Waals surface area contributed by atoms with E-state index in [1.165, 1.54) is 0 Å². The molecule has 19 heavy (non-hydrogen) atoms. The van der Waals surface area contributed by atoms with E-state index in [9.17, 15) is 5.11 Å². The average molecular weight is 250 g/mol. The van der Waals surface area contributed by atoms with E-state index in [1.807, 2.05) is 42.5 Å². The Morgan fingerprint density at radius 2 is 1.89 bits per heavy atom. The highest BCUT2D eigenvalue weighted by molar-refractivity contribution is 5.84. The van der Waals surface area contributed by atoms with Crippen molar-refractivity contribution < 1.29 is 5.11 Å². The molecular formula is C16H14N2O. The van der Waals surface area contributed by atoms with Crippen LogP contribution in [0, 0.1) is 0 Å². The molecule has 0 aliphatic carbocycles. The molecule has 0 fully saturated rings. The molecule has 1 N–H and O–H groups in total. The van der Waals surface area contributed by atoms with Crippen LogP contribution in [0.3, 0.4) is 0 Å². The minimum atomic E-state index is -0.615. The molecule has 0 spiro atoms. The fraction of sp³-hybridized carbons (Fsp3) is 0.125.